The van der Waals surface area contributed by atoms with Gasteiger partial charge >= 0.3 is 0 Å². The Kier molecular flexibility index (Phi) is 2.67. The summed E-state index contributed by atoms with van der Waals surface area (Å²) in [4.78, 5) is 4.29. The molecule has 0 saturated heterocycles. The maximum atomic E-state index is 6.02. The first kappa shape index (κ1) is 11.1. The van der Waals surface area contributed by atoms with Crippen molar-refractivity contribution in [1.29, 1.82) is 0 Å². The maximum Gasteiger partial charge on any atom is 0.153 e. The van der Waals surface area contributed by atoms with Crippen LogP contribution in [0.2, 0.25) is 0 Å². The predicted molar refractivity (Wildman–Crippen MR) is 75.1 cm³/mol. The maximum absolute atomic E-state index is 6.02. The quantitative estimate of drug-likeness (QED) is 0.846. The fourth-order valence-electron chi connectivity index (χ4n) is 2.46. The Balaban J connectivity index is 1.90. The minimum atomic E-state index is 0.720. The van der Waals surface area contributed by atoms with Crippen LogP contribution in [0.1, 0.15) is 23.1 Å². The Morgan fingerprint density at radius 3 is 2.89 bits per heavy atom. The van der Waals surface area contributed by atoms with Crippen molar-refractivity contribution in [2.75, 3.05) is 11.1 Å². The molecule has 0 unspecified atom stereocenters. The van der Waals surface area contributed by atoms with Crippen LogP contribution in [0.25, 0.3) is 0 Å². The molecule has 1 aliphatic carbocycles. The van der Waals surface area contributed by atoms with Crippen LogP contribution >= 0.6 is 0 Å². The molecule has 3 N–H and O–H groups in total. The molecule has 0 saturated carbocycles. The monoisotopic (exact) mass is 239 g/mol. The number of anilines is 3. The summed E-state index contributed by atoms with van der Waals surface area (Å²) in [5.41, 5.74) is 11.8. The summed E-state index contributed by atoms with van der Waals surface area (Å²) in [5.74, 6) is 0.743. The van der Waals surface area contributed by atoms with E-state index in [1.54, 1.807) is 6.20 Å². The summed E-state index contributed by atoms with van der Waals surface area (Å²) >= 11 is 0. The van der Waals surface area contributed by atoms with Crippen molar-refractivity contribution in [3.8, 4) is 0 Å². The first-order valence-electron chi connectivity index (χ1n) is 6.34. The molecule has 1 heterocycles. The molecule has 0 spiro atoms. The van der Waals surface area contributed by atoms with Crippen LogP contribution in [-0.4, -0.2) is 4.98 Å². The zero-order valence-corrected chi connectivity index (χ0v) is 10.5. The van der Waals surface area contributed by atoms with E-state index < -0.39 is 0 Å². The molecule has 3 rings (SSSR count). The Morgan fingerprint density at radius 1 is 1.17 bits per heavy atom. The summed E-state index contributed by atoms with van der Waals surface area (Å²) in [7, 11) is 0. The van der Waals surface area contributed by atoms with E-state index in [2.05, 4.69) is 28.5 Å². The number of aromatic nitrogens is 1. The average molecular weight is 239 g/mol. The smallest absolute Gasteiger partial charge is 0.153 e. The Labute approximate surface area is 107 Å². The van der Waals surface area contributed by atoms with Gasteiger partial charge in [-0.25, -0.2) is 4.98 Å². The van der Waals surface area contributed by atoms with Gasteiger partial charge in [0.1, 0.15) is 0 Å². The molecule has 1 aromatic carbocycles. The second kappa shape index (κ2) is 4.33. The fourth-order valence-corrected chi connectivity index (χ4v) is 2.46. The van der Waals surface area contributed by atoms with Gasteiger partial charge in [0.15, 0.2) is 5.82 Å². The summed E-state index contributed by atoms with van der Waals surface area (Å²) in [6.07, 6.45) is 5.44. The molecule has 3 heteroatoms. The van der Waals surface area contributed by atoms with Gasteiger partial charge in [-0.15, -0.1) is 0 Å². The molecule has 2 aromatic rings. The first-order valence-corrected chi connectivity index (χ1v) is 6.34. The number of nitrogens with two attached hydrogens (primary N) is 1. The van der Waals surface area contributed by atoms with Gasteiger partial charge in [-0.2, -0.15) is 0 Å². The largest absolute Gasteiger partial charge is 0.396 e. The highest BCUT2D eigenvalue weighted by atomic mass is 15.0. The minimum Gasteiger partial charge on any atom is -0.396 e. The molecule has 1 aliphatic rings. The number of pyridine rings is 1. The number of hydrogen-bond acceptors (Lipinski definition) is 3. The number of nitrogen functional groups attached to an aromatic ring is 1. The lowest BCUT2D eigenvalue weighted by Gasteiger charge is -2.11. The van der Waals surface area contributed by atoms with Crippen molar-refractivity contribution in [2.45, 2.75) is 26.2 Å². The molecule has 0 aliphatic heterocycles. The number of rotatable bonds is 2. The molecule has 18 heavy (non-hydrogen) atoms. The van der Waals surface area contributed by atoms with E-state index in [-0.39, 0.29) is 0 Å². The van der Waals surface area contributed by atoms with E-state index in [1.807, 2.05) is 13.0 Å². The second-order valence-electron chi connectivity index (χ2n) is 4.85. The zero-order valence-electron chi connectivity index (χ0n) is 10.5. The molecule has 92 valence electrons. The van der Waals surface area contributed by atoms with Crippen molar-refractivity contribution < 1.29 is 0 Å². The van der Waals surface area contributed by atoms with Crippen LogP contribution < -0.4 is 11.1 Å². The van der Waals surface area contributed by atoms with Crippen molar-refractivity contribution >= 4 is 17.2 Å². The lowest BCUT2D eigenvalue weighted by molar-refractivity contribution is 0.912. The van der Waals surface area contributed by atoms with Gasteiger partial charge < -0.3 is 11.1 Å². The van der Waals surface area contributed by atoms with Crippen LogP contribution in [0, 0.1) is 6.92 Å². The van der Waals surface area contributed by atoms with Gasteiger partial charge in [-0.3, -0.25) is 0 Å². The van der Waals surface area contributed by atoms with E-state index >= 15 is 0 Å². The molecular formula is C15H17N3. The summed E-state index contributed by atoms with van der Waals surface area (Å²) in [5, 5.41) is 3.31. The van der Waals surface area contributed by atoms with Crippen LogP contribution in [0.3, 0.4) is 0 Å². The zero-order chi connectivity index (χ0) is 12.5. The lowest BCUT2D eigenvalue weighted by atomic mass is 10.1. The van der Waals surface area contributed by atoms with E-state index in [1.165, 1.54) is 30.4 Å². The third-order valence-electron chi connectivity index (χ3n) is 3.57. The van der Waals surface area contributed by atoms with Crippen LogP contribution in [0.15, 0.2) is 30.5 Å². The van der Waals surface area contributed by atoms with Gasteiger partial charge in [-0.05, 0) is 61.1 Å². The lowest BCUT2D eigenvalue weighted by Crippen LogP contribution is -2.01. The fraction of sp³-hybridized carbons (Fsp3) is 0.267. The van der Waals surface area contributed by atoms with E-state index in [0.29, 0.717) is 0 Å². The van der Waals surface area contributed by atoms with E-state index in [0.717, 1.165) is 22.8 Å². The highest BCUT2D eigenvalue weighted by Crippen LogP contribution is 2.28. The van der Waals surface area contributed by atoms with Crippen molar-refractivity contribution in [3.63, 3.8) is 0 Å². The summed E-state index contributed by atoms with van der Waals surface area (Å²) < 4.78 is 0. The van der Waals surface area contributed by atoms with Gasteiger partial charge in [-0.1, -0.05) is 6.07 Å². The number of nitrogens with zero attached hydrogens (tertiary/aromatic N) is 1. The van der Waals surface area contributed by atoms with E-state index in [9.17, 15) is 0 Å². The highest BCUT2D eigenvalue weighted by Gasteiger charge is 2.11. The minimum absolute atomic E-state index is 0.720. The number of hydrogen-bond donors (Lipinski definition) is 2. The molecule has 1 aromatic heterocycles. The third-order valence-corrected chi connectivity index (χ3v) is 3.57. The van der Waals surface area contributed by atoms with Crippen molar-refractivity contribution in [1.82, 2.24) is 4.98 Å². The van der Waals surface area contributed by atoms with Gasteiger partial charge in [0, 0.05) is 11.9 Å². The van der Waals surface area contributed by atoms with Crippen molar-refractivity contribution in [3.05, 3.63) is 47.2 Å². The average Bonchev–Trinajstić information content (AvgIpc) is 2.82. The molecule has 0 atom stereocenters. The molecule has 3 nitrogen and oxygen atoms in total. The van der Waals surface area contributed by atoms with Gasteiger partial charge in [0.2, 0.25) is 0 Å². The third kappa shape index (κ3) is 1.92. The summed E-state index contributed by atoms with van der Waals surface area (Å²) in [6.45, 7) is 1.99. The predicted octanol–water partition coefficient (Wildman–Crippen LogP) is 3.20. The van der Waals surface area contributed by atoms with Crippen LogP contribution in [0.5, 0.6) is 0 Å². The molecule has 0 fully saturated rings. The summed E-state index contributed by atoms with van der Waals surface area (Å²) in [6, 6.07) is 8.44. The molecule has 0 amide bonds. The molecule has 0 radical (unpaired) electrons. The Hall–Kier alpha value is -2.03. The number of benzene rings is 1. The SMILES string of the molecule is Cc1ccnc(Nc2ccc3c(c2)CCC3)c1N. The molecular weight excluding hydrogens is 222 g/mol. The Bertz CT molecular complexity index is 590. The second-order valence-corrected chi connectivity index (χ2v) is 4.85. The van der Waals surface area contributed by atoms with Gasteiger partial charge in [0.25, 0.3) is 0 Å². The van der Waals surface area contributed by atoms with Gasteiger partial charge in [0.05, 0.1) is 5.69 Å². The van der Waals surface area contributed by atoms with E-state index in [4.69, 9.17) is 5.73 Å². The van der Waals surface area contributed by atoms with Crippen LogP contribution in [-0.2, 0) is 12.8 Å². The number of aryl methyl sites for hydroxylation is 3. The number of nitrogens with one attached hydrogen (secondary N) is 1. The normalized spacial score (nSPS) is 13.4. The highest BCUT2D eigenvalue weighted by molar-refractivity contribution is 5.71. The Morgan fingerprint density at radius 2 is 2.00 bits per heavy atom. The topological polar surface area (TPSA) is 50.9 Å². The standard InChI is InChI=1S/C15H17N3/c1-10-7-8-17-15(14(10)16)18-13-6-5-11-3-2-4-12(11)9-13/h5-9H,2-4,16H2,1H3,(H,17,18). The number of fused-ring (bicyclic) bond motifs is 1. The van der Waals surface area contributed by atoms with Crippen LogP contribution in [0.4, 0.5) is 17.2 Å². The van der Waals surface area contributed by atoms with Crippen molar-refractivity contribution in [2.24, 2.45) is 0 Å². The first-order chi connectivity index (χ1) is 8.74. The molecule has 0 bridgehead atoms.